The van der Waals surface area contributed by atoms with Gasteiger partial charge in [0.25, 0.3) is 10.0 Å². The van der Waals surface area contributed by atoms with E-state index in [1.165, 1.54) is 20.3 Å². The number of methoxy groups -OCH3 is 2. The molecule has 7 nitrogen and oxygen atoms in total. The largest absolute Gasteiger partial charge is 0.497 e. The first-order chi connectivity index (χ1) is 13.5. The molecule has 8 heteroatoms. The van der Waals surface area contributed by atoms with E-state index in [2.05, 4.69) is 21.4 Å². The van der Waals surface area contributed by atoms with E-state index in [0.29, 0.717) is 11.4 Å². The third kappa shape index (κ3) is 4.34. The molecular weight excluding hydrogens is 378 g/mol. The molecule has 0 radical (unpaired) electrons. The second-order valence-corrected chi connectivity index (χ2v) is 8.21. The second-order valence-electron chi connectivity index (χ2n) is 6.56. The minimum absolute atomic E-state index is 0.0416. The van der Waals surface area contributed by atoms with Gasteiger partial charge in [-0.15, -0.1) is 0 Å². The van der Waals surface area contributed by atoms with Crippen LogP contribution >= 0.6 is 0 Å². The van der Waals surface area contributed by atoms with Crippen molar-refractivity contribution in [3.05, 3.63) is 42.5 Å². The first-order valence-corrected chi connectivity index (χ1v) is 10.8. The Bertz CT molecular complexity index is 909. The minimum Gasteiger partial charge on any atom is -0.497 e. The van der Waals surface area contributed by atoms with Crippen LogP contribution in [0.2, 0.25) is 0 Å². The fourth-order valence-electron chi connectivity index (χ4n) is 3.33. The van der Waals surface area contributed by atoms with Gasteiger partial charge in [0.1, 0.15) is 16.4 Å². The summed E-state index contributed by atoms with van der Waals surface area (Å²) in [7, 11) is -0.914. The summed E-state index contributed by atoms with van der Waals surface area (Å²) in [6.45, 7) is 6.81. The molecule has 152 valence electrons. The lowest BCUT2D eigenvalue weighted by atomic mass is 10.2. The minimum atomic E-state index is -3.86. The van der Waals surface area contributed by atoms with E-state index >= 15 is 0 Å². The third-order valence-corrected chi connectivity index (χ3v) is 6.36. The lowest BCUT2D eigenvalue weighted by Crippen LogP contribution is -2.46. The smallest absolute Gasteiger partial charge is 0.265 e. The van der Waals surface area contributed by atoms with Crippen LogP contribution < -0.4 is 19.1 Å². The van der Waals surface area contributed by atoms with Gasteiger partial charge in [0, 0.05) is 32.2 Å². The maximum atomic E-state index is 13.1. The van der Waals surface area contributed by atoms with Crippen molar-refractivity contribution in [2.75, 3.05) is 56.6 Å². The van der Waals surface area contributed by atoms with Crippen LogP contribution in [0.1, 0.15) is 6.92 Å². The zero-order valence-corrected chi connectivity index (χ0v) is 17.3. The average molecular weight is 406 g/mol. The highest BCUT2D eigenvalue weighted by molar-refractivity contribution is 7.92. The summed E-state index contributed by atoms with van der Waals surface area (Å²) in [6.07, 6.45) is 0. The van der Waals surface area contributed by atoms with Crippen LogP contribution in [0.15, 0.2) is 47.4 Å². The number of rotatable bonds is 7. The number of para-hydroxylation sites is 2. The van der Waals surface area contributed by atoms with Crippen LogP contribution in [0.4, 0.5) is 11.4 Å². The lowest BCUT2D eigenvalue weighted by molar-refractivity contribution is 0.271. The Morgan fingerprint density at radius 1 is 1.00 bits per heavy atom. The van der Waals surface area contributed by atoms with Gasteiger partial charge in [-0.05, 0) is 30.8 Å². The first-order valence-electron chi connectivity index (χ1n) is 9.29. The quantitative estimate of drug-likeness (QED) is 0.764. The van der Waals surface area contributed by atoms with Gasteiger partial charge < -0.3 is 19.3 Å². The standard InChI is InChI=1S/C20H27N3O4S/c1-4-22-11-13-23(14-12-22)18-8-6-5-7-17(18)21-28(24,25)20-15-16(26-2)9-10-19(20)27-3/h5-10,15,21H,4,11-14H2,1-3H3. The predicted octanol–water partition coefficient (Wildman–Crippen LogP) is 2.65. The van der Waals surface area contributed by atoms with Crippen LogP contribution in [0.5, 0.6) is 11.5 Å². The SMILES string of the molecule is CCN1CCN(c2ccccc2NS(=O)(=O)c2cc(OC)ccc2OC)CC1. The Kier molecular flexibility index (Phi) is 6.31. The molecule has 1 N–H and O–H groups in total. The average Bonchev–Trinajstić information content (AvgIpc) is 2.73. The molecule has 0 amide bonds. The van der Waals surface area contributed by atoms with Gasteiger partial charge in [-0.1, -0.05) is 19.1 Å². The number of benzene rings is 2. The van der Waals surface area contributed by atoms with Gasteiger partial charge >= 0.3 is 0 Å². The molecule has 0 aliphatic carbocycles. The van der Waals surface area contributed by atoms with E-state index < -0.39 is 10.0 Å². The summed E-state index contributed by atoms with van der Waals surface area (Å²) in [5.74, 6) is 0.715. The molecule has 2 aromatic rings. The van der Waals surface area contributed by atoms with Gasteiger partial charge in [-0.25, -0.2) is 8.42 Å². The number of piperazine rings is 1. The summed E-state index contributed by atoms with van der Waals surface area (Å²) in [5.41, 5.74) is 1.43. The molecule has 0 bridgehead atoms. The zero-order chi connectivity index (χ0) is 20.1. The summed E-state index contributed by atoms with van der Waals surface area (Å²) >= 11 is 0. The zero-order valence-electron chi connectivity index (χ0n) is 16.5. The number of sulfonamides is 1. The van der Waals surface area contributed by atoms with Crippen molar-refractivity contribution in [3.8, 4) is 11.5 Å². The summed E-state index contributed by atoms with van der Waals surface area (Å²) in [4.78, 5) is 4.64. The molecule has 0 spiro atoms. The van der Waals surface area contributed by atoms with E-state index in [1.807, 2.05) is 18.2 Å². The van der Waals surface area contributed by atoms with Crippen LogP contribution in [-0.4, -0.2) is 60.3 Å². The number of hydrogen-bond donors (Lipinski definition) is 1. The molecule has 1 heterocycles. The molecule has 2 aromatic carbocycles. The van der Waals surface area contributed by atoms with Crippen LogP contribution in [-0.2, 0) is 10.0 Å². The molecule has 0 atom stereocenters. The normalized spacial score (nSPS) is 15.3. The molecule has 28 heavy (non-hydrogen) atoms. The van der Waals surface area contributed by atoms with Gasteiger partial charge in [-0.2, -0.15) is 0 Å². The van der Waals surface area contributed by atoms with E-state index in [4.69, 9.17) is 9.47 Å². The van der Waals surface area contributed by atoms with Crippen molar-refractivity contribution < 1.29 is 17.9 Å². The number of nitrogens with one attached hydrogen (secondary N) is 1. The van der Waals surface area contributed by atoms with Crippen molar-refractivity contribution in [3.63, 3.8) is 0 Å². The van der Waals surface area contributed by atoms with E-state index in [-0.39, 0.29) is 10.6 Å². The monoisotopic (exact) mass is 405 g/mol. The van der Waals surface area contributed by atoms with Crippen molar-refractivity contribution in [2.45, 2.75) is 11.8 Å². The van der Waals surface area contributed by atoms with Crippen molar-refractivity contribution in [1.82, 2.24) is 4.90 Å². The number of ether oxygens (including phenoxy) is 2. The highest BCUT2D eigenvalue weighted by Gasteiger charge is 2.24. The van der Waals surface area contributed by atoms with Crippen molar-refractivity contribution in [1.29, 1.82) is 0 Å². The highest BCUT2D eigenvalue weighted by atomic mass is 32.2. The molecule has 1 aliphatic heterocycles. The van der Waals surface area contributed by atoms with E-state index in [9.17, 15) is 8.42 Å². The molecule has 0 aromatic heterocycles. The molecule has 0 unspecified atom stereocenters. The van der Waals surface area contributed by atoms with Gasteiger partial charge in [0.2, 0.25) is 0 Å². The first kappa shape index (κ1) is 20.3. The number of hydrogen-bond acceptors (Lipinski definition) is 6. The van der Waals surface area contributed by atoms with Crippen LogP contribution in [0.3, 0.4) is 0 Å². The molecule has 3 rings (SSSR count). The number of anilines is 2. The summed E-state index contributed by atoms with van der Waals surface area (Å²) < 4.78 is 39.4. The second kappa shape index (κ2) is 8.70. The van der Waals surface area contributed by atoms with Crippen LogP contribution in [0, 0.1) is 0 Å². The third-order valence-electron chi connectivity index (χ3n) is 4.97. The summed E-state index contributed by atoms with van der Waals surface area (Å²) in [5, 5.41) is 0. The molecule has 1 fully saturated rings. The summed E-state index contributed by atoms with van der Waals surface area (Å²) in [6, 6.07) is 12.2. The van der Waals surface area contributed by atoms with Gasteiger partial charge in [0.15, 0.2) is 0 Å². The molecular formula is C20H27N3O4S. The topological polar surface area (TPSA) is 71.1 Å². The fraction of sp³-hybridized carbons (Fsp3) is 0.400. The Hall–Kier alpha value is -2.45. The fourth-order valence-corrected chi connectivity index (χ4v) is 4.59. The van der Waals surface area contributed by atoms with Gasteiger partial charge in [0.05, 0.1) is 25.6 Å². The molecule has 1 aliphatic rings. The molecule has 0 saturated carbocycles. The lowest BCUT2D eigenvalue weighted by Gasteiger charge is -2.36. The number of nitrogens with zero attached hydrogens (tertiary/aromatic N) is 2. The number of likely N-dealkylation sites (N-methyl/N-ethyl adjacent to an activating group) is 1. The predicted molar refractivity (Wildman–Crippen MR) is 111 cm³/mol. The van der Waals surface area contributed by atoms with Crippen LogP contribution in [0.25, 0.3) is 0 Å². The van der Waals surface area contributed by atoms with Crippen molar-refractivity contribution >= 4 is 21.4 Å². The molecule has 1 saturated heterocycles. The van der Waals surface area contributed by atoms with Gasteiger partial charge in [-0.3, -0.25) is 4.72 Å². The maximum absolute atomic E-state index is 13.1. The Morgan fingerprint density at radius 2 is 1.71 bits per heavy atom. The van der Waals surface area contributed by atoms with Crippen molar-refractivity contribution in [2.24, 2.45) is 0 Å². The van der Waals surface area contributed by atoms with E-state index in [1.54, 1.807) is 18.2 Å². The Morgan fingerprint density at radius 3 is 2.36 bits per heavy atom. The van der Waals surface area contributed by atoms with E-state index in [0.717, 1.165) is 38.4 Å². The maximum Gasteiger partial charge on any atom is 0.265 e. The highest BCUT2D eigenvalue weighted by Crippen LogP contribution is 2.33. The Labute approximate surface area is 166 Å². The Balaban J connectivity index is 1.90.